The van der Waals surface area contributed by atoms with Crippen molar-refractivity contribution < 1.29 is 9.59 Å². The van der Waals surface area contributed by atoms with E-state index in [1.807, 2.05) is 29.2 Å². The van der Waals surface area contributed by atoms with Gasteiger partial charge in [-0.3, -0.25) is 9.59 Å². The Morgan fingerprint density at radius 3 is 2.49 bits per heavy atom. The zero-order valence-electron chi connectivity index (χ0n) is 19.7. The van der Waals surface area contributed by atoms with E-state index in [1.54, 1.807) is 13.1 Å². The monoisotopic (exact) mass is 477 g/mol. The summed E-state index contributed by atoms with van der Waals surface area (Å²) in [5, 5.41) is 6.56. The molecule has 9 heteroatoms. The molecule has 0 radical (unpaired) electrons. The van der Waals surface area contributed by atoms with Crippen molar-refractivity contribution in [1.29, 1.82) is 0 Å². The minimum absolute atomic E-state index is 0. The second-order valence-electron chi connectivity index (χ2n) is 8.82. The van der Waals surface area contributed by atoms with Crippen LogP contribution in [0.2, 0.25) is 0 Å². The lowest BCUT2D eigenvalue weighted by atomic mass is 10.0. The number of nitrogens with two attached hydrogens (primary N) is 1. The number of hydrogen-bond acceptors (Lipinski definition) is 7. The molecule has 1 saturated heterocycles. The van der Waals surface area contributed by atoms with Crippen LogP contribution >= 0.6 is 0 Å². The van der Waals surface area contributed by atoms with Crippen LogP contribution in [0.5, 0.6) is 0 Å². The number of aromatic nitrogens is 2. The number of carbonyl (C=O) groups is 2. The molecule has 4 rings (SSSR count). The number of benzene rings is 1. The number of nitrogens with one attached hydrogen (secondary N) is 2. The molecule has 1 aliphatic carbocycles. The number of anilines is 3. The first-order chi connectivity index (χ1) is 16.4. The maximum absolute atomic E-state index is 12.8. The molecule has 9 nitrogen and oxygen atoms in total. The van der Waals surface area contributed by atoms with E-state index in [2.05, 4.69) is 44.4 Å². The predicted octanol–water partition coefficient (Wildman–Crippen LogP) is 2.68. The highest BCUT2D eigenvalue weighted by Gasteiger charge is 2.32. The highest BCUT2D eigenvalue weighted by molar-refractivity contribution is 5.94. The number of piperazine rings is 1. The molecule has 1 aromatic heterocycles. The summed E-state index contributed by atoms with van der Waals surface area (Å²) in [6, 6.07) is 7.25. The van der Waals surface area contributed by atoms with Crippen LogP contribution in [0.15, 0.2) is 30.5 Å². The van der Waals surface area contributed by atoms with Crippen molar-refractivity contribution >= 4 is 29.3 Å². The Kier molecular flexibility index (Phi) is 8.66. The number of hydrogen-bond donors (Lipinski definition) is 3. The minimum Gasteiger partial charge on any atom is -0.369 e. The number of amides is 2. The molecule has 35 heavy (non-hydrogen) atoms. The molecule has 186 valence electrons. The Labute approximate surface area is 207 Å². The molecule has 4 N–H and O–H groups in total. The number of nitrogens with zero attached hydrogens (tertiary/aromatic N) is 4. The summed E-state index contributed by atoms with van der Waals surface area (Å²) in [7, 11) is 2.07. The van der Waals surface area contributed by atoms with Gasteiger partial charge in [0.15, 0.2) is 0 Å². The van der Waals surface area contributed by atoms with Crippen molar-refractivity contribution in [3.8, 4) is 11.8 Å². The van der Waals surface area contributed by atoms with E-state index in [4.69, 9.17) is 5.73 Å². The molecule has 2 heterocycles. The summed E-state index contributed by atoms with van der Waals surface area (Å²) in [6.45, 7) is 5.01. The third-order valence-corrected chi connectivity index (χ3v) is 6.43. The van der Waals surface area contributed by atoms with E-state index in [1.165, 1.54) is 0 Å². The fourth-order valence-corrected chi connectivity index (χ4v) is 4.44. The van der Waals surface area contributed by atoms with E-state index >= 15 is 0 Å². The van der Waals surface area contributed by atoms with Gasteiger partial charge in [-0.1, -0.05) is 19.8 Å². The number of rotatable bonds is 6. The van der Waals surface area contributed by atoms with Crippen molar-refractivity contribution in [3.63, 3.8) is 0 Å². The molecule has 2 aliphatic rings. The summed E-state index contributed by atoms with van der Waals surface area (Å²) in [4.78, 5) is 37.7. The zero-order valence-corrected chi connectivity index (χ0v) is 19.7. The molecule has 0 unspecified atom stereocenters. The molecular weight excluding hydrogens is 442 g/mol. The van der Waals surface area contributed by atoms with Crippen molar-refractivity contribution in [2.45, 2.75) is 39.7 Å². The van der Waals surface area contributed by atoms with E-state index in [0.717, 1.165) is 51.1 Å². The lowest BCUT2D eigenvalue weighted by molar-refractivity contribution is -0.121. The van der Waals surface area contributed by atoms with Crippen LogP contribution in [-0.4, -0.2) is 70.9 Å². The van der Waals surface area contributed by atoms with Gasteiger partial charge in [-0.05, 0) is 51.1 Å². The van der Waals surface area contributed by atoms with Crippen LogP contribution in [-0.2, 0) is 4.79 Å². The highest BCUT2D eigenvalue weighted by atomic mass is 16.2. The minimum atomic E-state index is -0.295. The first-order valence-corrected chi connectivity index (χ1v) is 11.6. The largest absolute Gasteiger partial charge is 0.369 e. The summed E-state index contributed by atoms with van der Waals surface area (Å²) in [6.07, 6.45) is 4.22. The number of likely N-dealkylation sites (N-methyl/N-ethyl adjacent to an activating group) is 1. The van der Waals surface area contributed by atoms with Crippen molar-refractivity contribution in [2.24, 2.45) is 11.7 Å². The van der Waals surface area contributed by atoms with E-state index in [9.17, 15) is 9.59 Å². The molecule has 2 atom stereocenters. The van der Waals surface area contributed by atoms with Crippen LogP contribution in [0.25, 0.3) is 0 Å². The molecule has 1 aliphatic heterocycles. The quantitative estimate of drug-likeness (QED) is 0.548. The lowest BCUT2D eigenvalue weighted by Crippen LogP contribution is -2.47. The highest BCUT2D eigenvalue weighted by Crippen LogP contribution is 2.29. The van der Waals surface area contributed by atoms with Crippen LogP contribution in [0.3, 0.4) is 0 Å². The predicted molar refractivity (Wildman–Crippen MR) is 138 cm³/mol. The molecule has 2 aromatic rings. The first-order valence-electron chi connectivity index (χ1n) is 11.6. The van der Waals surface area contributed by atoms with Gasteiger partial charge in [0.1, 0.15) is 5.82 Å². The van der Waals surface area contributed by atoms with Gasteiger partial charge in [0, 0.05) is 43.5 Å². The third-order valence-electron chi connectivity index (χ3n) is 6.43. The van der Waals surface area contributed by atoms with Gasteiger partial charge in [-0.2, -0.15) is 4.98 Å². The lowest BCUT2D eigenvalue weighted by Gasteiger charge is -2.32. The molecule has 1 aromatic carbocycles. The fourth-order valence-electron chi connectivity index (χ4n) is 4.44. The zero-order chi connectivity index (χ0) is 24.1. The summed E-state index contributed by atoms with van der Waals surface area (Å²) in [5.74, 6) is 6.39. The van der Waals surface area contributed by atoms with Gasteiger partial charge in [-0.15, -0.1) is 5.92 Å². The molecule has 1 saturated carbocycles. The molecule has 2 amide bonds. The maximum Gasteiger partial charge on any atom is 0.253 e. The Balaban J connectivity index is 0.00000342. The Morgan fingerprint density at radius 2 is 1.83 bits per heavy atom. The van der Waals surface area contributed by atoms with Crippen molar-refractivity contribution in [3.05, 3.63) is 41.6 Å². The van der Waals surface area contributed by atoms with Gasteiger partial charge in [0.05, 0.1) is 17.7 Å². The Hall–Kier alpha value is -3.64. The van der Waals surface area contributed by atoms with Gasteiger partial charge >= 0.3 is 0 Å². The van der Waals surface area contributed by atoms with E-state index in [-0.39, 0.29) is 31.2 Å². The van der Waals surface area contributed by atoms with Gasteiger partial charge < -0.3 is 26.2 Å². The van der Waals surface area contributed by atoms with Crippen LogP contribution in [0, 0.1) is 17.8 Å². The molecule has 0 spiro atoms. The Morgan fingerprint density at radius 1 is 1.11 bits per heavy atom. The Bertz CT molecular complexity index is 1100. The van der Waals surface area contributed by atoms with Crippen LogP contribution in [0.4, 0.5) is 17.5 Å². The molecule has 2 fully saturated rings. The third kappa shape index (κ3) is 6.28. The second-order valence-corrected chi connectivity index (χ2v) is 8.82. The van der Waals surface area contributed by atoms with Crippen molar-refractivity contribution in [2.75, 3.05) is 43.9 Å². The smallest absolute Gasteiger partial charge is 0.253 e. The average molecular weight is 478 g/mol. The number of carbonyl (C=O) groups excluding carboxylic acids is 2. The normalized spacial score (nSPS) is 19.8. The van der Waals surface area contributed by atoms with Crippen molar-refractivity contribution in [1.82, 2.24) is 19.8 Å². The summed E-state index contributed by atoms with van der Waals surface area (Å²) in [5.41, 5.74) is 7.67. The summed E-state index contributed by atoms with van der Waals surface area (Å²) < 4.78 is 0. The topological polar surface area (TPSA) is 116 Å². The van der Waals surface area contributed by atoms with Gasteiger partial charge in [0.25, 0.3) is 5.91 Å². The van der Waals surface area contributed by atoms with Crippen LogP contribution in [0.1, 0.15) is 49.5 Å². The first kappa shape index (κ1) is 26.0. The van der Waals surface area contributed by atoms with Gasteiger partial charge in [0.2, 0.25) is 11.9 Å². The standard InChI is InChI=1S/C25H31N7O2.CH4/c1-3-5-18-16-27-25(30-23(18)29-21-7-4-6-20(21)22(26)33)28-19-10-8-17(9-11-19)24(34)32-14-12-31(2)13-15-32;/h8-11,16,20-21H,4,6-7,12-15H2,1-2H3,(H2,26,33)(H2,27,28,29,30);1H4/t20-,21+;/m0./s1. The number of primary amides is 1. The molecule has 0 bridgehead atoms. The molecular formula is C26H35N7O2. The SMILES string of the molecule is C.CC#Cc1cnc(Nc2ccc(C(=O)N3CCN(C)CC3)cc2)nc1N[C@@H]1CCC[C@@H]1C(N)=O. The summed E-state index contributed by atoms with van der Waals surface area (Å²) >= 11 is 0. The second kappa shape index (κ2) is 11.7. The average Bonchev–Trinajstić information content (AvgIpc) is 3.30. The van der Waals surface area contributed by atoms with Crippen LogP contribution < -0.4 is 16.4 Å². The van der Waals surface area contributed by atoms with Gasteiger partial charge in [-0.25, -0.2) is 4.98 Å². The fraction of sp³-hybridized carbons (Fsp3) is 0.462. The maximum atomic E-state index is 12.8. The van der Waals surface area contributed by atoms with E-state index < -0.39 is 0 Å². The van der Waals surface area contributed by atoms with E-state index in [0.29, 0.717) is 22.9 Å².